The zero-order valence-corrected chi connectivity index (χ0v) is 10.9. The molecular formula is C12H21NO4. The summed E-state index contributed by atoms with van der Waals surface area (Å²) < 4.78 is 0. The van der Waals surface area contributed by atoms with Crippen molar-refractivity contribution >= 4 is 5.78 Å². The molecule has 5 nitrogen and oxygen atoms in total. The standard InChI is InChI=1S/C12H21NO4/c1-8(2)12(13(16)17)6-5-11(4,15)10(7-12)9(3)14/h8,10,15H,5-7H2,1-4H3/t10-,11-,12+/m0/s1. The molecule has 0 bridgehead atoms. The van der Waals surface area contributed by atoms with E-state index in [2.05, 4.69) is 0 Å². The summed E-state index contributed by atoms with van der Waals surface area (Å²) in [5.41, 5.74) is -2.18. The molecule has 0 aromatic heterocycles. The summed E-state index contributed by atoms with van der Waals surface area (Å²) in [6, 6.07) is 0. The van der Waals surface area contributed by atoms with Crippen LogP contribution in [0.1, 0.15) is 47.0 Å². The first-order chi connectivity index (χ1) is 7.63. The van der Waals surface area contributed by atoms with Gasteiger partial charge in [0.2, 0.25) is 5.54 Å². The van der Waals surface area contributed by atoms with Crippen LogP contribution >= 0.6 is 0 Å². The number of Topliss-reactive ketones (excluding diaryl/α,β-unsaturated/α-hetero) is 1. The first-order valence-electron chi connectivity index (χ1n) is 6.01. The van der Waals surface area contributed by atoms with Crippen molar-refractivity contribution in [3.05, 3.63) is 10.1 Å². The van der Waals surface area contributed by atoms with Crippen molar-refractivity contribution in [1.29, 1.82) is 0 Å². The molecule has 0 spiro atoms. The lowest BCUT2D eigenvalue weighted by molar-refractivity contribution is -0.587. The van der Waals surface area contributed by atoms with Crippen LogP contribution < -0.4 is 0 Å². The van der Waals surface area contributed by atoms with E-state index in [1.54, 1.807) is 20.8 Å². The second-order valence-electron chi connectivity index (χ2n) is 5.74. The van der Waals surface area contributed by atoms with Crippen molar-refractivity contribution in [3.8, 4) is 0 Å². The topological polar surface area (TPSA) is 80.4 Å². The molecule has 1 N–H and O–H groups in total. The van der Waals surface area contributed by atoms with Gasteiger partial charge >= 0.3 is 0 Å². The zero-order chi connectivity index (χ0) is 13.4. The summed E-state index contributed by atoms with van der Waals surface area (Å²) in [7, 11) is 0. The molecule has 1 aliphatic rings. The Balaban J connectivity index is 3.09. The largest absolute Gasteiger partial charge is 0.389 e. The van der Waals surface area contributed by atoms with Gasteiger partial charge < -0.3 is 5.11 Å². The zero-order valence-electron chi connectivity index (χ0n) is 10.9. The van der Waals surface area contributed by atoms with Crippen molar-refractivity contribution in [1.82, 2.24) is 0 Å². The molecule has 98 valence electrons. The van der Waals surface area contributed by atoms with Gasteiger partial charge in [-0.25, -0.2) is 0 Å². The Hall–Kier alpha value is -0.970. The van der Waals surface area contributed by atoms with Gasteiger partial charge in [-0.2, -0.15) is 0 Å². The van der Waals surface area contributed by atoms with E-state index in [1.165, 1.54) is 6.92 Å². The van der Waals surface area contributed by atoms with Crippen molar-refractivity contribution in [2.75, 3.05) is 0 Å². The quantitative estimate of drug-likeness (QED) is 0.605. The first-order valence-corrected chi connectivity index (χ1v) is 6.01. The van der Waals surface area contributed by atoms with Gasteiger partial charge in [-0.05, 0) is 20.3 Å². The van der Waals surface area contributed by atoms with Gasteiger partial charge in [0.05, 0.1) is 11.5 Å². The van der Waals surface area contributed by atoms with E-state index in [-0.39, 0.29) is 23.0 Å². The van der Waals surface area contributed by atoms with E-state index in [9.17, 15) is 20.0 Å². The monoisotopic (exact) mass is 243 g/mol. The molecule has 5 heteroatoms. The minimum Gasteiger partial charge on any atom is -0.389 e. The number of aliphatic hydroxyl groups is 1. The summed E-state index contributed by atoms with van der Waals surface area (Å²) >= 11 is 0. The second-order valence-corrected chi connectivity index (χ2v) is 5.74. The van der Waals surface area contributed by atoms with Crippen LogP contribution in [0.25, 0.3) is 0 Å². The molecule has 0 heterocycles. The predicted octanol–water partition coefficient (Wildman–Crippen LogP) is 1.80. The molecular weight excluding hydrogens is 222 g/mol. The van der Waals surface area contributed by atoms with Gasteiger partial charge in [-0.15, -0.1) is 0 Å². The lowest BCUT2D eigenvalue weighted by atomic mass is 9.63. The van der Waals surface area contributed by atoms with E-state index in [0.717, 1.165) is 0 Å². The van der Waals surface area contributed by atoms with Crippen molar-refractivity contribution in [2.24, 2.45) is 11.8 Å². The predicted molar refractivity (Wildman–Crippen MR) is 63.2 cm³/mol. The van der Waals surface area contributed by atoms with Crippen molar-refractivity contribution < 1.29 is 14.8 Å². The van der Waals surface area contributed by atoms with Crippen LogP contribution in [0.5, 0.6) is 0 Å². The summed E-state index contributed by atoms with van der Waals surface area (Å²) in [5.74, 6) is -0.943. The highest BCUT2D eigenvalue weighted by atomic mass is 16.6. The molecule has 0 saturated heterocycles. The number of carbonyl (C=O) groups is 1. The number of hydrogen-bond donors (Lipinski definition) is 1. The minimum atomic E-state index is -1.11. The lowest BCUT2D eigenvalue weighted by Gasteiger charge is -2.43. The highest BCUT2D eigenvalue weighted by Crippen LogP contribution is 2.44. The Labute approximate surface area is 101 Å². The fraction of sp³-hybridized carbons (Fsp3) is 0.917. The molecule has 0 amide bonds. The normalized spacial score (nSPS) is 38.1. The van der Waals surface area contributed by atoms with Crippen LogP contribution in [0.4, 0.5) is 0 Å². The molecule has 0 aromatic carbocycles. The van der Waals surface area contributed by atoms with Gasteiger partial charge in [0.15, 0.2) is 0 Å². The Morgan fingerprint density at radius 3 is 2.35 bits per heavy atom. The maximum atomic E-state index is 11.6. The van der Waals surface area contributed by atoms with Crippen LogP contribution in [0.15, 0.2) is 0 Å². The van der Waals surface area contributed by atoms with Crippen LogP contribution in [0.2, 0.25) is 0 Å². The first kappa shape index (κ1) is 14.1. The average Bonchev–Trinajstić information content (AvgIpc) is 2.15. The highest BCUT2D eigenvalue weighted by molar-refractivity contribution is 5.79. The van der Waals surface area contributed by atoms with Crippen LogP contribution in [-0.4, -0.2) is 27.0 Å². The molecule has 1 aliphatic carbocycles. The molecule has 3 atom stereocenters. The lowest BCUT2D eigenvalue weighted by Crippen LogP contribution is -2.56. The summed E-state index contributed by atoms with van der Waals surface area (Å²) in [6.07, 6.45) is 0.769. The second kappa shape index (κ2) is 4.37. The third kappa shape index (κ3) is 2.34. The maximum absolute atomic E-state index is 11.6. The van der Waals surface area contributed by atoms with Crippen LogP contribution in [-0.2, 0) is 4.79 Å². The number of hydrogen-bond acceptors (Lipinski definition) is 4. The fourth-order valence-electron chi connectivity index (χ4n) is 2.80. The van der Waals surface area contributed by atoms with Crippen molar-refractivity contribution in [3.63, 3.8) is 0 Å². The molecule has 1 rings (SSSR count). The summed E-state index contributed by atoms with van der Waals surface area (Å²) in [4.78, 5) is 22.6. The van der Waals surface area contributed by atoms with E-state index in [1.807, 2.05) is 0 Å². The van der Waals surface area contributed by atoms with Gasteiger partial charge in [0.1, 0.15) is 5.78 Å². The molecule has 0 radical (unpaired) electrons. The Morgan fingerprint density at radius 1 is 1.47 bits per heavy atom. The number of carbonyl (C=O) groups excluding carboxylic acids is 1. The van der Waals surface area contributed by atoms with Crippen LogP contribution in [0, 0.1) is 22.0 Å². The molecule has 1 saturated carbocycles. The van der Waals surface area contributed by atoms with E-state index in [4.69, 9.17) is 0 Å². The molecule has 1 fully saturated rings. The van der Waals surface area contributed by atoms with Gasteiger partial charge in [-0.3, -0.25) is 14.9 Å². The third-order valence-electron chi connectivity index (χ3n) is 4.30. The third-order valence-corrected chi connectivity index (χ3v) is 4.30. The summed E-state index contributed by atoms with van der Waals surface area (Å²) in [6.45, 7) is 6.61. The molecule has 17 heavy (non-hydrogen) atoms. The molecule has 0 unspecified atom stereocenters. The Kier molecular flexibility index (Phi) is 3.62. The Bertz CT molecular complexity index is 337. The van der Waals surface area contributed by atoms with E-state index in [0.29, 0.717) is 12.8 Å². The smallest absolute Gasteiger partial charge is 0.225 e. The van der Waals surface area contributed by atoms with Crippen LogP contribution in [0.3, 0.4) is 0 Å². The average molecular weight is 243 g/mol. The number of rotatable bonds is 3. The maximum Gasteiger partial charge on any atom is 0.225 e. The van der Waals surface area contributed by atoms with E-state index < -0.39 is 17.1 Å². The van der Waals surface area contributed by atoms with Crippen molar-refractivity contribution in [2.45, 2.75) is 58.1 Å². The SMILES string of the molecule is CC(=O)[C@@H]1C[C@](C(C)C)([N+](=O)[O-])CC[C@]1(C)O. The highest BCUT2D eigenvalue weighted by Gasteiger charge is 2.56. The van der Waals surface area contributed by atoms with E-state index >= 15 is 0 Å². The minimum absolute atomic E-state index is 0.139. The molecule has 0 aromatic rings. The van der Waals surface area contributed by atoms with Gasteiger partial charge in [-0.1, -0.05) is 13.8 Å². The van der Waals surface area contributed by atoms with Gasteiger partial charge in [0, 0.05) is 23.7 Å². The fourth-order valence-corrected chi connectivity index (χ4v) is 2.80. The number of ketones is 1. The molecule has 0 aliphatic heterocycles. The number of nitrogens with zero attached hydrogens (tertiary/aromatic N) is 1. The Morgan fingerprint density at radius 2 is 2.00 bits per heavy atom. The number of nitro groups is 1. The van der Waals surface area contributed by atoms with Gasteiger partial charge in [0.25, 0.3) is 0 Å². The summed E-state index contributed by atoms with van der Waals surface area (Å²) in [5, 5.41) is 21.5.